The Bertz CT molecular complexity index is 1410. The number of unbranched alkanes of at least 4 members (excludes halogenated alkanes) is 1. The molecule has 2 aromatic carbocycles. The summed E-state index contributed by atoms with van der Waals surface area (Å²) in [4.78, 5) is 15.2. The minimum atomic E-state index is -4.56. The molecule has 3 N–H and O–H groups in total. The van der Waals surface area contributed by atoms with Crippen LogP contribution < -0.4 is 19.9 Å². The molecule has 8 nitrogen and oxygen atoms in total. The summed E-state index contributed by atoms with van der Waals surface area (Å²) in [6, 6.07) is 5.91. The molecule has 2 aliphatic heterocycles. The number of fused-ring (bicyclic) bond motifs is 2. The summed E-state index contributed by atoms with van der Waals surface area (Å²) in [5.41, 5.74) is 5.59. The fourth-order valence-corrected chi connectivity index (χ4v) is 8.19. The number of sulfonamides is 1. The van der Waals surface area contributed by atoms with Gasteiger partial charge in [0.2, 0.25) is 15.9 Å². The lowest BCUT2D eigenvalue weighted by Crippen LogP contribution is -2.60. The van der Waals surface area contributed by atoms with E-state index in [0.29, 0.717) is 50.4 Å². The predicted octanol–water partition coefficient (Wildman–Crippen LogP) is 6.40. The third-order valence-corrected chi connectivity index (χ3v) is 11.1. The van der Waals surface area contributed by atoms with Gasteiger partial charge in [-0.2, -0.15) is 13.5 Å². The summed E-state index contributed by atoms with van der Waals surface area (Å²) in [5.74, 6) is -3.92. The molecule has 3 aliphatic rings. The number of nitrogens with two attached hydrogens (primary N) is 1. The van der Waals surface area contributed by atoms with Crippen LogP contribution in [0.5, 0.6) is 11.5 Å². The topological polar surface area (TPSA) is 111 Å². The maximum absolute atomic E-state index is 16.5. The summed E-state index contributed by atoms with van der Waals surface area (Å²) in [5, 5.41) is 0.142. The first kappa shape index (κ1) is 33.9. The summed E-state index contributed by atoms with van der Waals surface area (Å²) in [7, 11) is -4.56. The molecule has 1 aliphatic carbocycles. The van der Waals surface area contributed by atoms with Gasteiger partial charge in [-0.1, -0.05) is 50.3 Å². The Hall–Kier alpha value is -2.47. The number of hydrogen-bond acceptors (Lipinski definition) is 6. The van der Waals surface area contributed by atoms with Gasteiger partial charge in [0, 0.05) is 23.7 Å². The number of piperidine rings is 1. The fraction of sp³-hybridized carbons (Fsp3) is 0.606. The zero-order chi connectivity index (χ0) is 32.2. The van der Waals surface area contributed by atoms with Crippen LogP contribution in [0.1, 0.15) is 83.1 Å². The number of ether oxygens (including phenoxy) is 2. The van der Waals surface area contributed by atoms with Crippen LogP contribution in [0.25, 0.3) is 0 Å². The van der Waals surface area contributed by atoms with Gasteiger partial charge in [-0.3, -0.25) is 4.79 Å². The number of amides is 1. The molecule has 1 saturated carbocycles. The molecular formula is C33H44ClF2N3O5S. The maximum Gasteiger partial charge on any atom is 0.298 e. The molecule has 1 amide bonds. The van der Waals surface area contributed by atoms with Crippen molar-refractivity contribution in [3.05, 3.63) is 53.1 Å². The van der Waals surface area contributed by atoms with E-state index in [1.807, 2.05) is 6.92 Å². The van der Waals surface area contributed by atoms with Gasteiger partial charge >= 0.3 is 0 Å². The molecular weight excluding hydrogens is 624 g/mol. The number of nitrogens with zero attached hydrogens (tertiary/aromatic N) is 1. The normalized spacial score (nSPS) is 23.1. The van der Waals surface area contributed by atoms with Crippen LogP contribution in [0, 0.1) is 5.92 Å². The van der Waals surface area contributed by atoms with Crippen molar-refractivity contribution in [2.24, 2.45) is 11.7 Å². The molecule has 45 heavy (non-hydrogen) atoms. The van der Waals surface area contributed by atoms with Gasteiger partial charge in [-0.05, 0) is 87.3 Å². The van der Waals surface area contributed by atoms with Crippen LogP contribution in [0.4, 0.5) is 8.78 Å². The van der Waals surface area contributed by atoms with E-state index >= 15 is 8.78 Å². The third kappa shape index (κ3) is 7.92. The van der Waals surface area contributed by atoms with E-state index in [1.165, 1.54) is 54.5 Å². The van der Waals surface area contributed by atoms with Crippen molar-refractivity contribution < 1.29 is 31.5 Å². The number of halogens is 3. The highest BCUT2D eigenvalue weighted by Crippen LogP contribution is 2.41. The monoisotopic (exact) mass is 667 g/mol. The van der Waals surface area contributed by atoms with E-state index in [4.69, 9.17) is 26.8 Å². The van der Waals surface area contributed by atoms with Gasteiger partial charge in [0.1, 0.15) is 11.5 Å². The minimum absolute atomic E-state index is 0.0455. The number of carbonyl (C=O) groups is 1. The molecule has 2 saturated heterocycles. The van der Waals surface area contributed by atoms with Crippen LogP contribution in [0.3, 0.4) is 0 Å². The maximum atomic E-state index is 16.5. The molecule has 5 rings (SSSR count). The lowest BCUT2D eigenvalue weighted by atomic mass is 9.90. The minimum Gasteiger partial charge on any atom is -0.493 e. The van der Waals surface area contributed by atoms with Gasteiger partial charge < -0.3 is 20.1 Å². The Morgan fingerprint density at radius 3 is 2.36 bits per heavy atom. The van der Waals surface area contributed by atoms with E-state index in [0.717, 1.165) is 31.4 Å². The molecule has 12 heteroatoms. The SMILES string of the molecule is CCCCOc1cc(C(F)(F)[C@H](NS(=O)(=O)c2ccc(OCC3CCCCC3)cc2)C(=O)N2C3CCC2CC(N)C3)ccc1Cl. The van der Waals surface area contributed by atoms with Crippen LogP contribution in [-0.2, 0) is 20.7 Å². The van der Waals surface area contributed by atoms with Gasteiger partial charge in [0.25, 0.3) is 5.92 Å². The Morgan fingerprint density at radius 1 is 1.04 bits per heavy atom. The highest BCUT2D eigenvalue weighted by atomic mass is 35.5. The molecule has 2 bridgehead atoms. The van der Waals surface area contributed by atoms with Crippen molar-refractivity contribution in [1.29, 1.82) is 0 Å². The summed E-state index contributed by atoms with van der Waals surface area (Å²) in [6.07, 6.45) is 9.54. The van der Waals surface area contributed by atoms with Crippen LogP contribution in [0.15, 0.2) is 47.4 Å². The van der Waals surface area contributed by atoms with Crippen molar-refractivity contribution >= 4 is 27.5 Å². The summed E-state index contributed by atoms with van der Waals surface area (Å²) < 4.78 is 74.0. The third-order valence-electron chi connectivity index (χ3n) is 9.32. The summed E-state index contributed by atoms with van der Waals surface area (Å²) in [6.45, 7) is 2.79. The Kier molecular flexibility index (Phi) is 10.9. The van der Waals surface area contributed by atoms with Crippen LogP contribution >= 0.6 is 11.6 Å². The molecule has 3 atom stereocenters. The number of carbonyl (C=O) groups excluding carboxylic acids is 1. The highest BCUT2D eigenvalue weighted by Gasteiger charge is 2.53. The second-order valence-electron chi connectivity index (χ2n) is 12.7. The van der Waals surface area contributed by atoms with Gasteiger partial charge in [0.15, 0.2) is 6.04 Å². The molecule has 0 spiro atoms. The van der Waals surface area contributed by atoms with E-state index in [9.17, 15) is 13.2 Å². The first-order valence-corrected chi connectivity index (χ1v) is 18.0. The smallest absolute Gasteiger partial charge is 0.298 e. The first-order chi connectivity index (χ1) is 21.5. The average molecular weight is 668 g/mol. The second-order valence-corrected chi connectivity index (χ2v) is 14.8. The van der Waals surface area contributed by atoms with E-state index in [1.54, 1.807) is 0 Å². The molecule has 0 radical (unpaired) electrons. The largest absolute Gasteiger partial charge is 0.493 e. The van der Waals surface area contributed by atoms with E-state index in [2.05, 4.69) is 4.72 Å². The van der Waals surface area contributed by atoms with Gasteiger partial charge in [-0.25, -0.2) is 8.42 Å². The zero-order valence-electron chi connectivity index (χ0n) is 25.7. The Morgan fingerprint density at radius 2 is 1.71 bits per heavy atom. The standard InChI is InChI=1S/C33H44ClF2N3O5S/c1-2-3-17-43-30-18-23(9-16-29(30)34)33(35,36)31(32(40)39-25-10-11-26(39)20-24(37)19-25)38-45(41,42)28-14-12-27(13-15-28)44-21-22-7-5-4-6-8-22/h9,12-16,18,22,24-26,31,38H,2-8,10-11,17,19-21,37H2,1H3/t24?,25?,26?,31-/m1/s1. The molecule has 2 aromatic rings. The molecule has 3 fully saturated rings. The van der Waals surface area contributed by atoms with Crippen molar-refractivity contribution in [2.75, 3.05) is 13.2 Å². The average Bonchev–Trinajstić information content (AvgIpc) is 3.30. The zero-order valence-corrected chi connectivity index (χ0v) is 27.3. The first-order valence-electron chi connectivity index (χ1n) is 16.1. The quantitative estimate of drug-likeness (QED) is 0.239. The predicted molar refractivity (Wildman–Crippen MR) is 169 cm³/mol. The Labute approximate surface area is 270 Å². The van der Waals surface area contributed by atoms with E-state index < -0.39 is 33.5 Å². The second kappa shape index (κ2) is 14.5. The van der Waals surface area contributed by atoms with E-state index in [-0.39, 0.29) is 40.4 Å². The lowest BCUT2D eigenvalue weighted by molar-refractivity contribution is -0.149. The number of alkyl halides is 2. The number of hydrogen-bond donors (Lipinski definition) is 2. The van der Waals surface area contributed by atoms with Crippen LogP contribution in [-0.4, -0.2) is 56.6 Å². The molecule has 248 valence electrons. The van der Waals surface area contributed by atoms with Crippen LogP contribution in [0.2, 0.25) is 5.02 Å². The molecule has 2 heterocycles. The highest BCUT2D eigenvalue weighted by molar-refractivity contribution is 7.89. The van der Waals surface area contributed by atoms with Gasteiger partial charge in [0.05, 0.1) is 23.1 Å². The lowest BCUT2D eigenvalue weighted by Gasteiger charge is -2.41. The number of rotatable bonds is 13. The molecule has 2 unspecified atom stereocenters. The van der Waals surface area contributed by atoms with Crippen molar-refractivity contribution in [1.82, 2.24) is 9.62 Å². The van der Waals surface area contributed by atoms with Crippen molar-refractivity contribution in [3.63, 3.8) is 0 Å². The number of nitrogens with one attached hydrogen (secondary N) is 1. The molecule has 0 aromatic heterocycles. The van der Waals surface area contributed by atoms with Gasteiger partial charge in [-0.15, -0.1) is 0 Å². The van der Waals surface area contributed by atoms with Crippen molar-refractivity contribution in [2.45, 2.75) is 113 Å². The number of benzene rings is 2. The fourth-order valence-electron chi connectivity index (χ4n) is 6.83. The summed E-state index contributed by atoms with van der Waals surface area (Å²) >= 11 is 6.24. The Balaban J connectivity index is 1.41. The van der Waals surface area contributed by atoms with Crippen molar-refractivity contribution in [3.8, 4) is 11.5 Å².